The summed E-state index contributed by atoms with van der Waals surface area (Å²) in [5, 5.41) is 2.75. The molecular weight excluding hydrogens is 468 g/mol. The van der Waals surface area contributed by atoms with Gasteiger partial charge in [0.05, 0.1) is 26.0 Å². The summed E-state index contributed by atoms with van der Waals surface area (Å²) in [4.78, 5) is 12.9. The van der Waals surface area contributed by atoms with Gasteiger partial charge in [0.25, 0.3) is 15.9 Å². The molecule has 3 rings (SSSR count). The number of methoxy groups -OCH3 is 1. The molecule has 0 aliphatic rings. The Hall–Kier alpha value is -3.72. The van der Waals surface area contributed by atoms with Gasteiger partial charge in [0.15, 0.2) is 0 Å². The molecule has 0 fully saturated rings. The lowest BCUT2D eigenvalue weighted by Crippen LogP contribution is -2.17. The van der Waals surface area contributed by atoms with Crippen molar-refractivity contribution in [3.8, 4) is 17.2 Å². The molecule has 1 amide bonds. The van der Waals surface area contributed by atoms with Crippen LogP contribution >= 0.6 is 0 Å². The molecule has 0 unspecified atom stereocenters. The van der Waals surface area contributed by atoms with Gasteiger partial charge in [-0.05, 0) is 69.2 Å². The SMILES string of the molecule is CCOc1cc(OCC)cc(C(=O)Nc2ccc(OC)c(S(=O)(=O)Nc3c(C)cccc3C)c2)c1. The molecule has 9 heteroatoms. The number of carbonyl (C=O) groups is 1. The number of sulfonamides is 1. The van der Waals surface area contributed by atoms with E-state index in [0.717, 1.165) is 11.1 Å². The normalized spacial score (nSPS) is 11.0. The van der Waals surface area contributed by atoms with Crippen molar-refractivity contribution < 1.29 is 27.4 Å². The molecule has 3 aromatic rings. The van der Waals surface area contributed by atoms with Gasteiger partial charge < -0.3 is 19.5 Å². The van der Waals surface area contributed by atoms with Gasteiger partial charge in [0, 0.05) is 17.3 Å². The van der Waals surface area contributed by atoms with Crippen molar-refractivity contribution in [3.05, 3.63) is 71.3 Å². The summed E-state index contributed by atoms with van der Waals surface area (Å²) in [7, 11) is -2.63. The highest BCUT2D eigenvalue weighted by Crippen LogP contribution is 2.31. The molecule has 186 valence electrons. The molecule has 8 nitrogen and oxygen atoms in total. The van der Waals surface area contributed by atoms with Crippen molar-refractivity contribution in [1.82, 2.24) is 0 Å². The van der Waals surface area contributed by atoms with Gasteiger partial charge in [-0.1, -0.05) is 18.2 Å². The molecule has 0 aliphatic heterocycles. The summed E-state index contributed by atoms with van der Waals surface area (Å²) >= 11 is 0. The van der Waals surface area contributed by atoms with Crippen molar-refractivity contribution in [2.45, 2.75) is 32.6 Å². The molecule has 0 saturated heterocycles. The van der Waals surface area contributed by atoms with Crippen LogP contribution in [0.3, 0.4) is 0 Å². The second kappa shape index (κ2) is 11.1. The maximum absolute atomic E-state index is 13.3. The summed E-state index contributed by atoms with van der Waals surface area (Å²) in [6, 6.07) is 14.9. The van der Waals surface area contributed by atoms with Crippen LogP contribution in [0, 0.1) is 13.8 Å². The Labute approximate surface area is 206 Å². The average Bonchev–Trinajstić information content (AvgIpc) is 2.82. The minimum atomic E-state index is -4.02. The van der Waals surface area contributed by atoms with E-state index in [9.17, 15) is 13.2 Å². The fourth-order valence-electron chi connectivity index (χ4n) is 3.54. The maximum atomic E-state index is 13.3. The van der Waals surface area contributed by atoms with Crippen molar-refractivity contribution >= 4 is 27.3 Å². The van der Waals surface area contributed by atoms with E-state index in [1.807, 2.05) is 45.9 Å². The molecule has 0 saturated carbocycles. The number of benzene rings is 3. The summed E-state index contributed by atoms with van der Waals surface area (Å²) in [6.45, 7) is 8.21. The fourth-order valence-corrected chi connectivity index (χ4v) is 4.93. The monoisotopic (exact) mass is 498 g/mol. The number of nitrogens with one attached hydrogen (secondary N) is 2. The van der Waals surface area contributed by atoms with Crippen LogP contribution < -0.4 is 24.2 Å². The van der Waals surface area contributed by atoms with E-state index >= 15 is 0 Å². The molecule has 0 heterocycles. The quantitative estimate of drug-likeness (QED) is 0.400. The molecule has 2 N–H and O–H groups in total. The van der Waals surface area contributed by atoms with Crippen LogP contribution in [-0.2, 0) is 10.0 Å². The lowest BCUT2D eigenvalue weighted by Gasteiger charge is -2.16. The van der Waals surface area contributed by atoms with E-state index < -0.39 is 15.9 Å². The number of carbonyl (C=O) groups excluding carboxylic acids is 1. The molecule has 3 aromatic carbocycles. The number of amides is 1. The molecule has 0 atom stereocenters. The molecule has 0 bridgehead atoms. The van der Waals surface area contributed by atoms with E-state index in [1.165, 1.54) is 19.2 Å². The number of hydrogen-bond acceptors (Lipinski definition) is 6. The van der Waals surface area contributed by atoms with Crippen molar-refractivity contribution in [2.75, 3.05) is 30.4 Å². The lowest BCUT2D eigenvalue weighted by molar-refractivity contribution is 0.102. The summed E-state index contributed by atoms with van der Waals surface area (Å²) in [6.07, 6.45) is 0. The minimum Gasteiger partial charge on any atom is -0.495 e. The van der Waals surface area contributed by atoms with E-state index in [4.69, 9.17) is 14.2 Å². The van der Waals surface area contributed by atoms with E-state index in [-0.39, 0.29) is 16.3 Å². The highest BCUT2D eigenvalue weighted by molar-refractivity contribution is 7.92. The van der Waals surface area contributed by atoms with Gasteiger partial charge >= 0.3 is 0 Å². The molecule has 0 spiro atoms. The lowest BCUT2D eigenvalue weighted by atomic mass is 10.1. The van der Waals surface area contributed by atoms with Crippen LogP contribution in [0.25, 0.3) is 0 Å². The number of aryl methyl sites for hydroxylation is 2. The van der Waals surface area contributed by atoms with Gasteiger partial charge in [-0.15, -0.1) is 0 Å². The van der Waals surface area contributed by atoms with Gasteiger partial charge in [0.1, 0.15) is 22.1 Å². The first-order valence-corrected chi connectivity index (χ1v) is 12.7. The fraction of sp³-hybridized carbons (Fsp3) is 0.269. The first kappa shape index (κ1) is 25.9. The van der Waals surface area contributed by atoms with E-state index in [1.54, 1.807) is 24.3 Å². The Morgan fingerprint density at radius 1 is 0.886 bits per heavy atom. The topological polar surface area (TPSA) is 103 Å². The zero-order valence-electron chi connectivity index (χ0n) is 20.5. The van der Waals surface area contributed by atoms with Crippen molar-refractivity contribution in [2.24, 2.45) is 0 Å². The smallest absolute Gasteiger partial charge is 0.265 e. The minimum absolute atomic E-state index is 0.0986. The van der Waals surface area contributed by atoms with Gasteiger partial charge in [0.2, 0.25) is 0 Å². The Morgan fingerprint density at radius 2 is 1.49 bits per heavy atom. The number of para-hydroxylation sites is 1. The predicted octanol–water partition coefficient (Wildman–Crippen LogP) is 5.16. The zero-order valence-corrected chi connectivity index (χ0v) is 21.3. The Morgan fingerprint density at radius 3 is 2.03 bits per heavy atom. The Kier molecular flexibility index (Phi) is 8.24. The molecule has 35 heavy (non-hydrogen) atoms. The van der Waals surface area contributed by atoms with Gasteiger partial charge in [-0.25, -0.2) is 8.42 Å². The Balaban J connectivity index is 1.93. The van der Waals surface area contributed by atoms with Gasteiger partial charge in [-0.2, -0.15) is 0 Å². The molecule has 0 aromatic heterocycles. The van der Waals surface area contributed by atoms with Crippen LogP contribution in [0.4, 0.5) is 11.4 Å². The predicted molar refractivity (Wildman–Crippen MR) is 136 cm³/mol. The second-order valence-corrected chi connectivity index (χ2v) is 9.40. The Bertz CT molecular complexity index is 1280. The van der Waals surface area contributed by atoms with Crippen LogP contribution in [0.1, 0.15) is 35.3 Å². The zero-order chi connectivity index (χ0) is 25.6. The summed E-state index contributed by atoms with van der Waals surface area (Å²) in [5.41, 5.74) is 2.68. The van der Waals surface area contributed by atoms with Crippen LogP contribution in [0.5, 0.6) is 17.2 Å². The number of hydrogen-bond donors (Lipinski definition) is 2. The van der Waals surface area contributed by atoms with Crippen molar-refractivity contribution in [1.29, 1.82) is 0 Å². The van der Waals surface area contributed by atoms with Crippen LogP contribution in [0.15, 0.2) is 59.5 Å². The van der Waals surface area contributed by atoms with E-state index in [0.29, 0.717) is 36.0 Å². The number of anilines is 2. The first-order chi connectivity index (χ1) is 16.7. The van der Waals surface area contributed by atoms with Gasteiger partial charge in [-0.3, -0.25) is 9.52 Å². The average molecular weight is 499 g/mol. The third kappa shape index (κ3) is 6.24. The summed E-state index contributed by atoms with van der Waals surface area (Å²) in [5.74, 6) is 0.709. The van der Waals surface area contributed by atoms with Crippen LogP contribution in [-0.4, -0.2) is 34.6 Å². The standard InChI is InChI=1S/C26H30N2O6S/c1-6-33-21-13-19(14-22(16-21)34-7-2)26(29)27-20-11-12-23(32-5)24(15-20)35(30,31)28-25-17(3)9-8-10-18(25)4/h8-16,28H,6-7H2,1-5H3,(H,27,29). The number of rotatable bonds is 10. The summed E-state index contributed by atoms with van der Waals surface area (Å²) < 4.78 is 45.6. The third-order valence-electron chi connectivity index (χ3n) is 5.19. The second-order valence-electron chi connectivity index (χ2n) is 7.75. The van der Waals surface area contributed by atoms with Crippen LogP contribution in [0.2, 0.25) is 0 Å². The maximum Gasteiger partial charge on any atom is 0.265 e. The number of ether oxygens (including phenoxy) is 3. The highest BCUT2D eigenvalue weighted by Gasteiger charge is 2.22. The molecule has 0 radical (unpaired) electrons. The molecular formula is C26H30N2O6S. The largest absolute Gasteiger partial charge is 0.495 e. The first-order valence-electron chi connectivity index (χ1n) is 11.2. The molecule has 0 aliphatic carbocycles. The highest BCUT2D eigenvalue weighted by atomic mass is 32.2. The van der Waals surface area contributed by atoms with E-state index in [2.05, 4.69) is 10.0 Å². The third-order valence-corrected chi connectivity index (χ3v) is 6.56. The van der Waals surface area contributed by atoms with Crippen molar-refractivity contribution in [3.63, 3.8) is 0 Å².